The number of aromatic nitrogens is 1. The Morgan fingerprint density at radius 1 is 1.14 bits per heavy atom. The number of benzene rings is 2. The maximum Gasteiger partial charge on any atom is 0.375 e. The minimum atomic E-state index is -4.00. The van der Waals surface area contributed by atoms with Crippen molar-refractivity contribution < 1.29 is 22.0 Å². The van der Waals surface area contributed by atoms with Crippen molar-refractivity contribution in [2.24, 2.45) is 0 Å². The fraction of sp³-hybridized carbons (Fsp3) is 0.318. The molecular weight excluding hydrogens is 388 g/mol. The quantitative estimate of drug-likeness (QED) is 0.442. The van der Waals surface area contributed by atoms with Crippen LogP contribution in [0.2, 0.25) is 0 Å². The molecule has 0 atom stereocenters. The number of para-hydroxylation sites is 1. The van der Waals surface area contributed by atoms with Gasteiger partial charge >= 0.3 is 5.89 Å². The zero-order valence-electron chi connectivity index (χ0n) is 16.9. The van der Waals surface area contributed by atoms with Crippen molar-refractivity contribution in [3.63, 3.8) is 0 Å². The molecule has 0 aliphatic rings. The van der Waals surface area contributed by atoms with E-state index in [1.54, 1.807) is 6.20 Å². The van der Waals surface area contributed by atoms with Crippen LogP contribution in [0.5, 0.6) is 0 Å². The Hall–Kier alpha value is -2.64. The van der Waals surface area contributed by atoms with Crippen LogP contribution in [-0.2, 0) is 22.1 Å². The molecular formula is C22H27N2O4S+. The SMILES string of the molecule is CC(C)(C)c1ccc2oc(/C=C/Nc3ccccc3)[n+](CCCS(=O)(=O)O)c2c1. The molecule has 0 aliphatic carbocycles. The van der Waals surface area contributed by atoms with Crippen molar-refractivity contribution in [1.82, 2.24) is 0 Å². The van der Waals surface area contributed by atoms with Gasteiger partial charge in [0.15, 0.2) is 6.54 Å². The molecule has 1 heterocycles. The summed E-state index contributed by atoms with van der Waals surface area (Å²) in [4.78, 5) is 0. The average molecular weight is 416 g/mol. The molecule has 7 heteroatoms. The second kappa shape index (κ2) is 8.39. The second-order valence-electron chi connectivity index (χ2n) is 8.01. The fourth-order valence-electron chi connectivity index (χ4n) is 3.07. The van der Waals surface area contributed by atoms with E-state index in [0.29, 0.717) is 12.4 Å². The van der Waals surface area contributed by atoms with Crippen LogP contribution in [0.15, 0.2) is 59.1 Å². The van der Waals surface area contributed by atoms with Crippen LogP contribution in [0, 0.1) is 0 Å². The lowest BCUT2D eigenvalue weighted by Crippen LogP contribution is -2.36. The molecule has 2 N–H and O–H groups in total. The smallest absolute Gasteiger partial charge is 0.375 e. The van der Waals surface area contributed by atoms with E-state index in [4.69, 9.17) is 8.97 Å². The molecule has 0 spiro atoms. The second-order valence-corrected chi connectivity index (χ2v) is 9.58. The monoisotopic (exact) mass is 415 g/mol. The van der Waals surface area contributed by atoms with Gasteiger partial charge in [-0.15, -0.1) is 0 Å². The lowest BCUT2D eigenvalue weighted by Gasteiger charge is -2.17. The Balaban J connectivity index is 1.94. The molecule has 0 bridgehead atoms. The summed E-state index contributed by atoms with van der Waals surface area (Å²) >= 11 is 0. The molecule has 0 unspecified atom stereocenters. The normalized spacial score (nSPS) is 12.7. The maximum absolute atomic E-state index is 11.1. The Morgan fingerprint density at radius 3 is 2.52 bits per heavy atom. The van der Waals surface area contributed by atoms with Crippen LogP contribution >= 0.6 is 0 Å². The number of rotatable bonds is 7. The highest BCUT2D eigenvalue weighted by atomic mass is 32.2. The highest BCUT2D eigenvalue weighted by molar-refractivity contribution is 7.85. The molecule has 3 aromatic rings. The van der Waals surface area contributed by atoms with Gasteiger partial charge in [0.05, 0.1) is 11.8 Å². The number of anilines is 1. The highest BCUT2D eigenvalue weighted by Crippen LogP contribution is 2.26. The molecule has 154 valence electrons. The molecule has 0 saturated heterocycles. The van der Waals surface area contributed by atoms with Crippen LogP contribution in [0.4, 0.5) is 5.69 Å². The van der Waals surface area contributed by atoms with Gasteiger partial charge in [0.1, 0.15) is 0 Å². The molecule has 1 aromatic heterocycles. The van der Waals surface area contributed by atoms with Crippen molar-refractivity contribution in [2.45, 2.75) is 39.2 Å². The van der Waals surface area contributed by atoms with E-state index in [1.807, 2.05) is 53.1 Å². The number of nitrogens with zero attached hydrogens (tertiary/aromatic N) is 1. The van der Waals surface area contributed by atoms with Crippen LogP contribution in [0.3, 0.4) is 0 Å². The third kappa shape index (κ3) is 5.68. The van der Waals surface area contributed by atoms with Crippen molar-refractivity contribution in [3.8, 4) is 0 Å². The Kier molecular flexibility index (Phi) is 6.10. The third-order valence-electron chi connectivity index (χ3n) is 4.63. The number of nitrogens with one attached hydrogen (secondary N) is 1. The molecule has 3 rings (SSSR count). The van der Waals surface area contributed by atoms with E-state index in [9.17, 15) is 8.42 Å². The van der Waals surface area contributed by atoms with Gasteiger partial charge in [-0.2, -0.15) is 13.0 Å². The summed E-state index contributed by atoms with van der Waals surface area (Å²) in [6.07, 6.45) is 3.89. The van der Waals surface area contributed by atoms with Crippen LogP contribution in [0.1, 0.15) is 38.6 Å². The summed E-state index contributed by atoms with van der Waals surface area (Å²) in [6, 6.07) is 15.8. The molecule has 2 aromatic carbocycles. The fourth-order valence-corrected chi connectivity index (χ4v) is 3.56. The van der Waals surface area contributed by atoms with Gasteiger partial charge in [0, 0.05) is 24.4 Å². The van der Waals surface area contributed by atoms with Gasteiger partial charge in [0.25, 0.3) is 15.6 Å². The largest absolute Gasteiger partial charge is 0.398 e. The molecule has 0 amide bonds. The van der Waals surface area contributed by atoms with Crippen molar-refractivity contribution >= 4 is 33.0 Å². The minimum Gasteiger partial charge on any atom is -0.398 e. The van der Waals surface area contributed by atoms with Gasteiger partial charge in [-0.25, -0.2) is 0 Å². The number of fused-ring (bicyclic) bond motifs is 1. The average Bonchev–Trinajstić information content (AvgIpc) is 2.98. The van der Waals surface area contributed by atoms with Crippen molar-refractivity contribution in [2.75, 3.05) is 11.1 Å². The van der Waals surface area contributed by atoms with Gasteiger partial charge < -0.3 is 9.73 Å². The van der Waals surface area contributed by atoms with E-state index in [2.05, 4.69) is 32.2 Å². The molecule has 0 fully saturated rings. The maximum atomic E-state index is 11.1. The van der Waals surface area contributed by atoms with Crippen LogP contribution < -0.4 is 9.88 Å². The van der Waals surface area contributed by atoms with E-state index in [0.717, 1.165) is 22.4 Å². The predicted octanol–water partition coefficient (Wildman–Crippen LogP) is 4.38. The Labute approximate surface area is 171 Å². The van der Waals surface area contributed by atoms with Gasteiger partial charge in [-0.1, -0.05) is 45.0 Å². The number of hydrogen-bond acceptors (Lipinski definition) is 4. The van der Waals surface area contributed by atoms with E-state index in [1.165, 1.54) is 0 Å². The molecule has 6 nitrogen and oxygen atoms in total. The lowest BCUT2D eigenvalue weighted by atomic mass is 9.87. The highest BCUT2D eigenvalue weighted by Gasteiger charge is 2.24. The summed E-state index contributed by atoms with van der Waals surface area (Å²) in [6.45, 7) is 6.83. The van der Waals surface area contributed by atoms with Gasteiger partial charge in [0.2, 0.25) is 5.58 Å². The molecule has 0 aliphatic heterocycles. The third-order valence-corrected chi connectivity index (χ3v) is 5.43. The van der Waals surface area contributed by atoms with Crippen molar-refractivity contribution in [1.29, 1.82) is 0 Å². The molecule has 0 radical (unpaired) electrons. The summed E-state index contributed by atoms with van der Waals surface area (Å²) in [5, 5.41) is 3.19. The Morgan fingerprint density at radius 2 is 1.86 bits per heavy atom. The number of oxazole rings is 1. The topological polar surface area (TPSA) is 83.4 Å². The summed E-state index contributed by atoms with van der Waals surface area (Å²) in [7, 11) is -4.00. The van der Waals surface area contributed by atoms with E-state index >= 15 is 0 Å². The molecule has 0 saturated carbocycles. The number of aryl methyl sites for hydroxylation is 1. The van der Waals surface area contributed by atoms with Gasteiger partial charge in [-0.05, 0) is 29.2 Å². The first-order valence-electron chi connectivity index (χ1n) is 9.54. The predicted molar refractivity (Wildman–Crippen MR) is 115 cm³/mol. The summed E-state index contributed by atoms with van der Waals surface area (Å²) in [5.74, 6) is 0.307. The molecule has 29 heavy (non-hydrogen) atoms. The van der Waals surface area contributed by atoms with E-state index < -0.39 is 10.1 Å². The van der Waals surface area contributed by atoms with Gasteiger partial charge in [-0.3, -0.25) is 4.55 Å². The first kappa shape index (κ1) is 21.1. The lowest BCUT2D eigenvalue weighted by molar-refractivity contribution is -0.677. The summed E-state index contributed by atoms with van der Waals surface area (Å²) < 4.78 is 39.3. The minimum absolute atomic E-state index is 0.0252. The first-order chi connectivity index (χ1) is 13.6. The summed E-state index contributed by atoms with van der Waals surface area (Å²) in [5.41, 5.74) is 3.71. The Bertz CT molecular complexity index is 1110. The van der Waals surface area contributed by atoms with Crippen LogP contribution in [0.25, 0.3) is 17.2 Å². The zero-order valence-corrected chi connectivity index (χ0v) is 17.7. The van der Waals surface area contributed by atoms with E-state index in [-0.39, 0.29) is 17.6 Å². The van der Waals surface area contributed by atoms with Crippen molar-refractivity contribution in [3.05, 3.63) is 66.2 Å². The number of hydrogen-bond donors (Lipinski definition) is 2. The first-order valence-corrected chi connectivity index (χ1v) is 11.1. The van der Waals surface area contributed by atoms with Crippen LogP contribution in [-0.4, -0.2) is 18.7 Å². The standard InChI is InChI=1S/C22H26N2O4S/c1-22(2,3)17-10-11-20-19(16-17)24(14-7-15-29(25,26)27)21(28-20)12-13-23-18-8-5-4-6-9-18/h4-6,8-13,16H,7,14-15H2,1-3H3,(H,25,26,27)/p+1. The zero-order chi connectivity index (χ0) is 21.1.